The molecule has 0 aliphatic heterocycles. The molecule has 0 saturated heterocycles. The van der Waals surface area contributed by atoms with Crippen LogP contribution in [0.15, 0.2) is 18.2 Å². The molecule has 1 atom stereocenters. The van der Waals surface area contributed by atoms with E-state index >= 15 is 0 Å². The highest BCUT2D eigenvalue weighted by atomic mass is 35.5. The van der Waals surface area contributed by atoms with Gasteiger partial charge in [0.1, 0.15) is 0 Å². The fourth-order valence-electron chi connectivity index (χ4n) is 2.11. The Morgan fingerprint density at radius 2 is 1.94 bits per heavy atom. The summed E-state index contributed by atoms with van der Waals surface area (Å²) in [7, 11) is 0. The summed E-state index contributed by atoms with van der Waals surface area (Å²) in [6, 6.07) is 3.85. The molecule has 0 aromatic heterocycles. The van der Waals surface area contributed by atoms with E-state index in [0.717, 1.165) is 6.07 Å². The van der Waals surface area contributed by atoms with Crippen molar-refractivity contribution in [2.24, 2.45) is 0 Å². The van der Waals surface area contributed by atoms with E-state index in [2.05, 4.69) is 0 Å². The molecule has 88 valence electrons. The van der Waals surface area contributed by atoms with Gasteiger partial charge in [0, 0.05) is 10.6 Å². The zero-order valence-corrected chi connectivity index (χ0v) is 9.00. The van der Waals surface area contributed by atoms with Gasteiger partial charge in [-0.05, 0) is 37.0 Å². The summed E-state index contributed by atoms with van der Waals surface area (Å²) >= 11 is 5.68. The maximum Gasteiger partial charge on any atom is 0.426 e. The molecule has 1 aromatic carbocycles. The van der Waals surface area contributed by atoms with Crippen LogP contribution in [0.5, 0.6) is 0 Å². The van der Waals surface area contributed by atoms with E-state index in [1.165, 1.54) is 12.1 Å². The van der Waals surface area contributed by atoms with Crippen molar-refractivity contribution in [3.63, 3.8) is 0 Å². The van der Waals surface area contributed by atoms with E-state index in [1.807, 2.05) is 0 Å². The van der Waals surface area contributed by atoms with E-state index in [1.54, 1.807) is 0 Å². The zero-order valence-electron chi connectivity index (χ0n) is 8.24. The van der Waals surface area contributed by atoms with Gasteiger partial charge in [-0.2, -0.15) is 13.2 Å². The number of benzene rings is 1. The van der Waals surface area contributed by atoms with Crippen LogP contribution >= 0.6 is 11.6 Å². The minimum Gasteiger partial charge on any atom is -0.229 e. The van der Waals surface area contributed by atoms with Crippen LogP contribution in [-0.2, 0) is 12.1 Å². The summed E-state index contributed by atoms with van der Waals surface area (Å²) in [6.07, 6.45) is -4.75. The standard InChI is InChI=1S/C11H9ClF4/c12-8-3-4-9-7(6-8)2-1-5-10(9,13)11(14,15)16/h3-4,6H,1-2,5H2. The van der Waals surface area contributed by atoms with Gasteiger partial charge in [-0.1, -0.05) is 17.7 Å². The minimum absolute atomic E-state index is 0.184. The van der Waals surface area contributed by atoms with E-state index in [4.69, 9.17) is 11.6 Å². The van der Waals surface area contributed by atoms with Gasteiger partial charge in [-0.3, -0.25) is 0 Å². The van der Waals surface area contributed by atoms with Crippen LogP contribution in [0.4, 0.5) is 17.6 Å². The van der Waals surface area contributed by atoms with Crippen molar-refractivity contribution >= 4 is 11.6 Å². The SMILES string of the molecule is FC(F)(F)C1(F)CCCc2cc(Cl)ccc21. The molecule has 1 unspecified atom stereocenters. The van der Waals surface area contributed by atoms with Crippen molar-refractivity contribution in [2.45, 2.75) is 31.1 Å². The Morgan fingerprint density at radius 1 is 1.25 bits per heavy atom. The molecule has 2 rings (SSSR count). The third kappa shape index (κ3) is 1.69. The lowest BCUT2D eigenvalue weighted by Crippen LogP contribution is -2.41. The summed E-state index contributed by atoms with van der Waals surface area (Å²) in [5, 5.41) is 0.338. The third-order valence-corrected chi connectivity index (χ3v) is 3.15. The van der Waals surface area contributed by atoms with Gasteiger partial charge in [-0.15, -0.1) is 0 Å². The molecule has 16 heavy (non-hydrogen) atoms. The summed E-state index contributed by atoms with van der Waals surface area (Å²) in [6.45, 7) is 0. The first kappa shape index (κ1) is 11.7. The molecule has 1 aliphatic rings. The fourth-order valence-corrected chi connectivity index (χ4v) is 2.30. The Kier molecular flexibility index (Phi) is 2.65. The van der Waals surface area contributed by atoms with Gasteiger partial charge >= 0.3 is 6.18 Å². The zero-order chi connectivity index (χ0) is 12.0. The normalized spacial score (nSPS) is 25.3. The molecule has 0 bridgehead atoms. The van der Waals surface area contributed by atoms with Crippen LogP contribution in [0.2, 0.25) is 5.02 Å². The number of halogens is 5. The third-order valence-electron chi connectivity index (χ3n) is 2.91. The molecule has 0 radical (unpaired) electrons. The summed E-state index contributed by atoms with van der Waals surface area (Å²) in [5.74, 6) is 0. The van der Waals surface area contributed by atoms with Crippen molar-refractivity contribution in [3.8, 4) is 0 Å². The van der Waals surface area contributed by atoms with Crippen molar-refractivity contribution in [1.82, 2.24) is 0 Å². The Bertz CT molecular complexity index is 413. The number of rotatable bonds is 0. The van der Waals surface area contributed by atoms with E-state index < -0.39 is 18.3 Å². The molecule has 5 heteroatoms. The number of aryl methyl sites for hydroxylation is 1. The smallest absolute Gasteiger partial charge is 0.229 e. The molecule has 0 fully saturated rings. The van der Waals surface area contributed by atoms with E-state index in [9.17, 15) is 17.6 Å². The minimum atomic E-state index is -4.87. The van der Waals surface area contributed by atoms with E-state index in [-0.39, 0.29) is 12.0 Å². The lowest BCUT2D eigenvalue weighted by molar-refractivity contribution is -0.240. The molecule has 0 amide bonds. The number of hydrogen-bond donors (Lipinski definition) is 0. The van der Waals surface area contributed by atoms with Crippen molar-refractivity contribution in [2.75, 3.05) is 0 Å². The van der Waals surface area contributed by atoms with Crippen LogP contribution in [0.3, 0.4) is 0 Å². The summed E-state index contributed by atoms with van der Waals surface area (Å²) < 4.78 is 52.1. The monoisotopic (exact) mass is 252 g/mol. The molecule has 0 nitrogen and oxygen atoms in total. The van der Waals surface area contributed by atoms with Crippen molar-refractivity contribution in [1.29, 1.82) is 0 Å². The van der Waals surface area contributed by atoms with Crippen LogP contribution in [-0.4, -0.2) is 6.18 Å². The molecule has 0 heterocycles. The first-order chi connectivity index (χ1) is 7.34. The van der Waals surface area contributed by atoms with Gasteiger partial charge in [-0.25, -0.2) is 4.39 Å². The molecule has 0 N–H and O–H groups in total. The number of fused-ring (bicyclic) bond motifs is 1. The van der Waals surface area contributed by atoms with Gasteiger partial charge in [0.15, 0.2) is 0 Å². The largest absolute Gasteiger partial charge is 0.426 e. The van der Waals surface area contributed by atoms with Crippen LogP contribution < -0.4 is 0 Å². The van der Waals surface area contributed by atoms with Gasteiger partial charge in [0.25, 0.3) is 0 Å². The Morgan fingerprint density at radius 3 is 2.56 bits per heavy atom. The maximum atomic E-state index is 14.0. The first-order valence-corrected chi connectivity index (χ1v) is 5.27. The molecule has 0 saturated carbocycles. The lowest BCUT2D eigenvalue weighted by atomic mass is 9.80. The Balaban J connectivity index is 2.56. The number of hydrogen-bond acceptors (Lipinski definition) is 0. The predicted octanol–water partition coefficient (Wildman–Crippen LogP) is 4.40. The van der Waals surface area contributed by atoms with Gasteiger partial charge in [0.2, 0.25) is 5.67 Å². The van der Waals surface area contributed by atoms with Crippen LogP contribution in [0.1, 0.15) is 24.0 Å². The van der Waals surface area contributed by atoms with Crippen molar-refractivity contribution < 1.29 is 17.6 Å². The van der Waals surface area contributed by atoms with Gasteiger partial charge < -0.3 is 0 Å². The van der Waals surface area contributed by atoms with Crippen molar-refractivity contribution in [3.05, 3.63) is 34.3 Å². The average molecular weight is 253 g/mol. The Hall–Kier alpha value is -0.770. The lowest BCUT2D eigenvalue weighted by Gasteiger charge is -2.33. The first-order valence-electron chi connectivity index (χ1n) is 4.89. The second-order valence-corrected chi connectivity index (χ2v) is 4.39. The van der Waals surface area contributed by atoms with Gasteiger partial charge in [0.05, 0.1) is 0 Å². The maximum absolute atomic E-state index is 14.0. The van der Waals surface area contributed by atoms with E-state index in [0.29, 0.717) is 17.0 Å². The molecular weight excluding hydrogens is 244 g/mol. The predicted molar refractivity (Wildman–Crippen MR) is 53.2 cm³/mol. The quantitative estimate of drug-likeness (QED) is 0.600. The second kappa shape index (κ2) is 3.62. The van der Waals surface area contributed by atoms with Crippen LogP contribution in [0.25, 0.3) is 0 Å². The highest BCUT2D eigenvalue weighted by Gasteiger charge is 2.58. The Labute approximate surface area is 95.2 Å². The summed E-state index contributed by atoms with van der Waals surface area (Å²) in [4.78, 5) is 0. The molecular formula is C11H9ClF4. The topological polar surface area (TPSA) is 0 Å². The van der Waals surface area contributed by atoms with Crippen LogP contribution in [0, 0.1) is 0 Å². The summed E-state index contributed by atoms with van der Waals surface area (Å²) in [5.41, 5.74) is -3.14. The number of alkyl halides is 4. The molecule has 0 spiro atoms. The fraction of sp³-hybridized carbons (Fsp3) is 0.455. The second-order valence-electron chi connectivity index (χ2n) is 3.95. The highest BCUT2D eigenvalue weighted by molar-refractivity contribution is 6.30. The average Bonchev–Trinajstić information content (AvgIpc) is 2.15. The highest BCUT2D eigenvalue weighted by Crippen LogP contribution is 2.50. The molecule has 1 aromatic rings. The molecule has 1 aliphatic carbocycles.